The molecule has 1 aliphatic heterocycles. The maximum Gasteiger partial charge on any atom is 0.353 e. The molecule has 1 aromatic heterocycles. The summed E-state index contributed by atoms with van der Waals surface area (Å²) in [7, 11) is 0. The number of unbranched alkanes of at least 4 members (excludes halogenated alkanes) is 13. The molecule has 204 valence electrons. The number of hydrogen-bond acceptors (Lipinski definition) is 8. The molecule has 2 aromatic rings. The van der Waals surface area contributed by atoms with Crippen LogP contribution in [0.5, 0.6) is 11.5 Å². The van der Waals surface area contributed by atoms with E-state index >= 15 is 0 Å². The van der Waals surface area contributed by atoms with Gasteiger partial charge >= 0.3 is 5.69 Å². The summed E-state index contributed by atoms with van der Waals surface area (Å²) in [5.74, 6) is 1.63. The van der Waals surface area contributed by atoms with Gasteiger partial charge in [0.2, 0.25) is 11.6 Å². The molecule has 9 heteroatoms. The van der Waals surface area contributed by atoms with Crippen molar-refractivity contribution in [1.29, 1.82) is 0 Å². The lowest BCUT2D eigenvalue weighted by atomic mass is 10.0. The van der Waals surface area contributed by atoms with Gasteiger partial charge in [0, 0.05) is 18.3 Å². The monoisotopic (exact) mass is 513 g/mol. The number of hydrogen-bond donors (Lipinski definition) is 2. The summed E-state index contributed by atoms with van der Waals surface area (Å²) in [5, 5.41) is 18.0. The number of benzene rings is 1. The van der Waals surface area contributed by atoms with Crippen molar-refractivity contribution in [3.63, 3.8) is 0 Å². The van der Waals surface area contributed by atoms with Crippen LogP contribution >= 0.6 is 0 Å². The number of nitrogens with one attached hydrogen (secondary N) is 2. The molecule has 0 saturated heterocycles. The second-order valence-electron chi connectivity index (χ2n) is 9.68. The standard InChI is InChI=1S/C28H43N5O4/c1-2-3-4-5-6-7-8-9-10-11-12-13-14-15-18-29-27-26(33(34)35)28(31-22-30-27)32-23-16-17-24-25(21-23)37-20-19-36-24/h16-17,21-22H,2-15,18-20H2,1H3,(H2,29,30,31,32). The molecule has 0 fully saturated rings. The topological polar surface area (TPSA) is 111 Å². The predicted molar refractivity (Wildman–Crippen MR) is 148 cm³/mol. The largest absolute Gasteiger partial charge is 0.486 e. The zero-order valence-corrected chi connectivity index (χ0v) is 22.3. The van der Waals surface area contributed by atoms with Crippen LogP contribution < -0.4 is 20.1 Å². The summed E-state index contributed by atoms with van der Waals surface area (Å²) in [6.07, 6.45) is 19.5. The van der Waals surface area contributed by atoms with Gasteiger partial charge in [-0.15, -0.1) is 0 Å². The highest BCUT2D eigenvalue weighted by atomic mass is 16.6. The molecule has 0 amide bonds. The minimum Gasteiger partial charge on any atom is -0.486 e. The van der Waals surface area contributed by atoms with Crippen LogP contribution in [0.1, 0.15) is 96.8 Å². The first-order valence-corrected chi connectivity index (χ1v) is 14.1. The van der Waals surface area contributed by atoms with E-state index in [1.165, 1.54) is 83.4 Å². The van der Waals surface area contributed by atoms with Crippen LogP contribution in [-0.4, -0.2) is 34.6 Å². The molecule has 0 bridgehead atoms. The van der Waals surface area contributed by atoms with Crippen LogP contribution in [0.4, 0.5) is 23.0 Å². The average Bonchev–Trinajstić information content (AvgIpc) is 2.90. The second-order valence-corrected chi connectivity index (χ2v) is 9.68. The van der Waals surface area contributed by atoms with E-state index in [1.807, 2.05) is 0 Å². The number of aromatic nitrogens is 2. The van der Waals surface area contributed by atoms with Gasteiger partial charge in [0.25, 0.3) is 0 Å². The molecule has 2 heterocycles. The third-order valence-electron chi connectivity index (χ3n) is 6.63. The van der Waals surface area contributed by atoms with Crippen LogP contribution in [0.3, 0.4) is 0 Å². The fraction of sp³-hybridized carbons (Fsp3) is 0.643. The Balaban J connectivity index is 1.33. The van der Waals surface area contributed by atoms with E-state index in [1.54, 1.807) is 18.2 Å². The summed E-state index contributed by atoms with van der Waals surface area (Å²) in [4.78, 5) is 19.6. The van der Waals surface area contributed by atoms with E-state index < -0.39 is 4.92 Å². The summed E-state index contributed by atoms with van der Waals surface area (Å²) < 4.78 is 11.1. The number of fused-ring (bicyclic) bond motifs is 1. The molecule has 0 atom stereocenters. The molecular weight excluding hydrogens is 470 g/mol. The van der Waals surface area contributed by atoms with Gasteiger partial charge in [-0.3, -0.25) is 10.1 Å². The molecule has 0 saturated carbocycles. The van der Waals surface area contributed by atoms with Crippen molar-refractivity contribution in [1.82, 2.24) is 9.97 Å². The van der Waals surface area contributed by atoms with Gasteiger partial charge in [-0.1, -0.05) is 90.4 Å². The third kappa shape index (κ3) is 10.1. The predicted octanol–water partition coefficient (Wildman–Crippen LogP) is 7.79. The first kappa shape index (κ1) is 28.5. The van der Waals surface area contributed by atoms with Crippen LogP contribution in [0.25, 0.3) is 0 Å². The fourth-order valence-corrected chi connectivity index (χ4v) is 4.56. The lowest BCUT2D eigenvalue weighted by Crippen LogP contribution is -2.15. The molecule has 0 radical (unpaired) electrons. The highest BCUT2D eigenvalue weighted by molar-refractivity contribution is 5.74. The van der Waals surface area contributed by atoms with Gasteiger partial charge in [0.1, 0.15) is 19.5 Å². The molecule has 1 aliphatic rings. The van der Waals surface area contributed by atoms with Crippen LogP contribution in [0, 0.1) is 10.1 Å². The van der Waals surface area contributed by atoms with E-state index in [9.17, 15) is 10.1 Å². The van der Waals surface area contributed by atoms with Crippen molar-refractivity contribution in [2.75, 3.05) is 30.4 Å². The molecule has 2 N–H and O–H groups in total. The average molecular weight is 514 g/mol. The first-order valence-electron chi connectivity index (χ1n) is 14.1. The lowest BCUT2D eigenvalue weighted by molar-refractivity contribution is -0.383. The van der Waals surface area contributed by atoms with E-state index in [-0.39, 0.29) is 17.3 Å². The van der Waals surface area contributed by atoms with E-state index in [4.69, 9.17) is 9.47 Å². The lowest BCUT2D eigenvalue weighted by Gasteiger charge is -2.19. The van der Waals surface area contributed by atoms with Crippen molar-refractivity contribution in [3.05, 3.63) is 34.6 Å². The molecule has 3 rings (SSSR count). The highest BCUT2D eigenvalue weighted by Crippen LogP contribution is 2.36. The fourth-order valence-electron chi connectivity index (χ4n) is 4.56. The minimum absolute atomic E-state index is 0.139. The molecule has 0 aliphatic carbocycles. The van der Waals surface area contributed by atoms with Gasteiger partial charge in [-0.25, -0.2) is 9.97 Å². The summed E-state index contributed by atoms with van der Waals surface area (Å²) >= 11 is 0. The maximum absolute atomic E-state index is 11.8. The highest BCUT2D eigenvalue weighted by Gasteiger charge is 2.23. The van der Waals surface area contributed by atoms with Crippen molar-refractivity contribution in [3.8, 4) is 11.5 Å². The maximum atomic E-state index is 11.8. The molecular formula is C28H43N5O4. The Morgan fingerprint density at radius 1 is 0.811 bits per heavy atom. The SMILES string of the molecule is CCCCCCCCCCCCCCCCNc1ncnc(Nc2ccc3c(c2)OCCO3)c1[N+](=O)[O-]. The molecule has 0 unspecified atom stereocenters. The summed E-state index contributed by atoms with van der Waals surface area (Å²) in [5.41, 5.74) is 0.465. The smallest absolute Gasteiger partial charge is 0.353 e. The van der Waals surface area contributed by atoms with Crippen LogP contribution in [0.2, 0.25) is 0 Å². The summed E-state index contributed by atoms with van der Waals surface area (Å²) in [6, 6.07) is 5.31. The Kier molecular flexibility index (Phi) is 12.8. The van der Waals surface area contributed by atoms with Crippen LogP contribution in [-0.2, 0) is 0 Å². The van der Waals surface area contributed by atoms with Gasteiger partial charge in [-0.05, 0) is 18.6 Å². The minimum atomic E-state index is -0.451. The van der Waals surface area contributed by atoms with Crippen molar-refractivity contribution in [2.24, 2.45) is 0 Å². The summed E-state index contributed by atoms with van der Waals surface area (Å²) in [6.45, 7) is 3.88. The van der Waals surface area contributed by atoms with Gasteiger partial charge in [0.15, 0.2) is 11.5 Å². The first-order chi connectivity index (χ1) is 18.2. The molecule has 9 nitrogen and oxygen atoms in total. The number of nitro groups is 1. The van der Waals surface area contributed by atoms with Crippen LogP contribution in [0.15, 0.2) is 24.5 Å². The Morgan fingerprint density at radius 3 is 2.00 bits per heavy atom. The zero-order valence-electron chi connectivity index (χ0n) is 22.3. The second kappa shape index (κ2) is 16.6. The van der Waals surface area contributed by atoms with E-state index in [0.717, 1.165) is 12.8 Å². The number of rotatable bonds is 19. The Morgan fingerprint density at radius 2 is 1.38 bits per heavy atom. The van der Waals surface area contributed by atoms with Crippen molar-refractivity contribution >= 4 is 23.0 Å². The molecule has 1 aromatic carbocycles. The number of anilines is 3. The van der Waals surface area contributed by atoms with E-state index in [2.05, 4.69) is 27.5 Å². The Labute approximate surface area is 220 Å². The Bertz CT molecular complexity index is 956. The molecule has 0 spiro atoms. The van der Waals surface area contributed by atoms with Crippen molar-refractivity contribution < 1.29 is 14.4 Å². The van der Waals surface area contributed by atoms with Crippen molar-refractivity contribution in [2.45, 2.75) is 96.8 Å². The Hall–Kier alpha value is -3.10. The third-order valence-corrected chi connectivity index (χ3v) is 6.63. The zero-order chi connectivity index (χ0) is 26.1. The molecule has 37 heavy (non-hydrogen) atoms. The number of nitrogens with zero attached hydrogens (tertiary/aromatic N) is 3. The quantitative estimate of drug-likeness (QED) is 0.111. The van der Waals surface area contributed by atoms with Gasteiger partial charge < -0.3 is 20.1 Å². The van der Waals surface area contributed by atoms with Gasteiger partial charge in [0.05, 0.1) is 4.92 Å². The number of ether oxygens (including phenoxy) is 2. The van der Waals surface area contributed by atoms with E-state index in [0.29, 0.717) is 36.9 Å². The van der Waals surface area contributed by atoms with Gasteiger partial charge in [-0.2, -0.15) is 0 Å². The normalized spacial score (nSPS) is 12.4.